The first kappa shape index (κ1) is 9.21. The monoisotopic (exact) mass is 142 g/mol. The highest BCUT2D eigenvalue weighted by molar-refractivity contribution is 5.72. The van der Waals surface area contributed by atoms with Crippen molar-refractivity contribution in [2.24, 2.45) is 0 Å². The van der Waals surface area contributed by atoms with E-state index in [0.29, 0.717) is 18.3 Å². The highest BCUT2D eigenvalue weighted by Gasteiger charge is 1.93. The van der Waals surface area contributed by atoms with Crippen LogP contribution in [0.1, 0.15) is 32.6 Å². The smallest absolute Gasteiger partial charge is 0.149 e. The summed E-state index contributed by atoms with van der Waals surface area (Å²) in [5, 5.41) is 8.43. The molecular weight excluding hydrogens is 128 g/mol. The lowest BCUT2D eigenvalue weighted by atomic mass is 10.1. The van der Waals surface area contributed by atoms with Gasteiger partial charge in [0, 0.05) is 5.57 Å². The van der Waals surface area contributed by atoms with E-state index in [4.69, 9.17) is 5.11 Å². The third-order valence-electron chi connectivity index (χ3n) is 1.39. The lowest BCUT2D eigenvalue weighted by Gasteiger charge is -1.95. The van der Waals surface area contributed by atoms with E-state index in [1.165, 1.54) is 0 Å². The Balaban J connectivity index is 3.36. The fourth-order valence-electron chi connectivity index (χ4n) is 0.733. The minimum atomic E-state index is 0.494. The van der Waals surface area contributed by atoms with Gasteiger partial charge in [-0.15, -0.1) is 0 Å². The maximum absolute atomic E-state index is 10.1. The van der Waals surface area contributed by atoms with Gasteiger partial charge in [0.1, 0.15) is 6.29 Å². The number of hydrogen-bond acceptors (Lipinski definition) is 2. The van der Waals surface area contributed by atoms with E-state index in [2.05, 4.69) is 6.92 Å². The van der Waals surface area contributed by atoms with Crippen molar-refractivity contribution >= 4 is 6.29 Å². The molecule has 0 aliphatic rings. The number of aliphatic hydroxyl groups excluding tert-OH is 1. The van der Waals surface area contributed by atoms with E-state index in [1.54, 1.807) is 0 Å². The summed E-state index contributed by atoms with van der Waals surface area (Å²) >= 11 is 0. The second kappa shape index (κ2) is 6.33. The van der Waals surface area contributed by atoms with Crippen LogP contribution in [-0.2, 0) is 4.79 Å². The van der Waals surface area contributed by atoms with Crippen molar-refractivity contribution in [3.8, 4) is 0 Å². The van der Waals surface area contributed by atoms with E-state index in [-0.39, 0.29) is 0 Å². The van der Waals surface area contributed by atoms with Gasteiger partial charge >= 0.3 is 0 Å². The van der Waals surface area contributed by atoms with Gasteiger partial charge in [-0.3, -0.25) is 4.79 Å². The number of hydrogen-bond donors (Lipinski definition) is 1. The number of aliphatic hydroxyl groups is 1. The largest absolute Gasteiger partial charge is 0.515 e. The first-order valence-corrected chi connectivity index (χ1v) is 3.63. The first-order valence-electron chi connectivity index (χ1n) is 3.63. The molecular formula is C8H14O2. The van der Waals surface area contributed by atoms with E-state index >= 15 is 0 Å². The van der Waals surface area contributed by atoms with Crippen LogP contribution in [0.5, 0.6) is 0 Å². The molecule has 0 amide bonds. The summed E-state index contributed by atoms with van der Waals surface area (Å²) in [6.07, 6.45) is 5.54. The van der Waals surface area contributed by atoms with Crippen LogP contribution in [0.25, 0.3) is 0 Å². The van der Waals surface area contributed by atoms with Crippen molar-refractivity contribution in [1.29, 1.82) is 0 Å². The molecule has 0 spiro atoms. The summed E-state index contributed by atoms with van der Waals surface area (Å²) in [7, 11) is 0. The summed E-state index contributed by atoms with van der Waals surface area (Å²) < 4.78 is 0. The Bertz CT molecular complexity index is 116. The zero-order valence-corrected chi connectivity index (χ0v) is 6.34. The Morgan fingerprint density at radius 1 is 1.50 bits per heavy atom. The van der Waals surface area contributed by atoms with Gasteiger partial charge in [-0.25, -0.2) is 0 Å². The van der Waals surface area contributed by atoms with Gasteiger partial charge in [0.25, 0.3) is 0 Å². The Labute approximate surface area is 61.6 Å². The molecule has 0 aromatic carbocycles. The highest BCUT2D eigenvalue weighted by atomic mass is 16.2. The van der Waals surface area contributed by atoms with Crippen LogP contribution < -0.4 is 0 Å². The van der Waals surface area contributed by atoms with Crippen molar-refractivity contribution in [3.63, 3.8) is 0 Å². The maximum Gasteiger partial charge on any atom is 0.149 e. The molecule has 10 heavy (non-hydrogen) atoms. The van der Waals surface area contributed by atoms with Crippen molar-refractivity contribution in [2.45, 2.75) is 32.6 Å². The van der Waals surface area contributed by atoms with Gasteiger partial charge in [0.15, 0.2) is 0 Å². The lowest BCUT2D eigenvalue weighted by Crippen LogP contribution is -1.85. The quantitative estimate of drug-likeness (QED) is 0.276. The van der Waals surface area contributed by atoms with Crippen LogP contribution in [0.2, 0.25) is 0 Å². The maximum atomic E-state index is 10.1. The molecule has 0 fully saturated rings. The van der Waals surface area contributed by atoms with Crippen molar-refractivity contribution in [2.75, 3.05) is 0 Å². The number of aldehydes is 1. The molecule has 0 unspecified atom stereocenters. The van der Waals surface area contributed by atoms with Crippen LogP contribution >= 0.6 is 0 Å². The molecule has 2 nitrogen and oxygen atoms in total. The van der Waals surface area contributed by atoms with Crippen LogP contribution in [0, 0.1) is 0 Å². The molecule has 0 atom stereocenters. The predicted molar refractivity (Wildman–Crippen MR) is 40.9 cm³/mol. The molecule has 0 saturated carbocycles. The number of unbranched alkanes of at least 4 members (excludes halogenated alkanes) is 2. The number of allylic oxidation sites excluding steroid dienone is 1. The zero-order chi connectivity index (χ0) is 7.82. The van der Waals surface area contributed by atoms with E-state index in [1.807, 2.05) is 0 Å². The summed E-state index contributed by atoms with van der Waals surface area (Å²) in [4.78, 5) is 10.1. The summed E-state index contributed by atoms with van der Waals surface area (Å²) in [6, 6.07) is 0. The minimum absolute atomic E-state index is 0.494. The van der Waals surface area contributed by atoms with E-state index < -0.39 is 0 Å². The molecule has 0 radical (unpaired) electrons. The Kier molecular flexibility index (Phi) is 5.83. The van der Waals surface area contributed by atoms with Gasteiger partial charge in [0.05, 0.1) is 6.26 Å². The fourth-order valence-corrected chi connectivity index (χ4v) is 0.733. The molecule has 2 heteroatoms. The molecule has 0 aromatic rings. The standard InChI is InChI=1S/C8H14O2/c1-2-3-4-5-8(6-9)7-10/h6-7,9H,2-5H2,1H3/b8-6-. The van der Waals surface area contributed by atoms with E-state index in [0.717, 1.165) is 25.5 Å². The van der Waals surface area contributed by atoms with Crippen molar-refractivity contribution < 1.29 is 9.90 Å². The molecule has 1 N–H and O–H groups in total. The molecule has 0 aliphatic heterocycles. The molecule has 0 rings (SSSR count). The summed E-state index contributed by atoms with van der Waals surface area (Å²) in [6.45, 7) is 2.10. The highest BCUT2D eigenvalue weighted by Crippen LogP contribution is 2.05. The van der Waals surface area contributed by atoms with Crippen LogP contribution in [-0.4, -0.2) is 11.4 Å². The molecule has 58 valence electrons. The first-order chi connectivity index (χ1) is 4.85. The molecule has 0 bridgehead atoms. The van der Waals surface area contributed by atoms with Crippen molar-refractivity contribution in [1.82, 2.24) is 0 Å². The van der Waals surface area contributed by atoms with Gasteiger partial charge in [-0.05, 0) is 12.8 Å². The second-order valence-corrected chi connectivity index (χ2v) is 2.28. The summed E-state index contributed by atoms with van der Waals surface area (Å²) in [5.41, 5.74) is 0.494. The zero-order valence-electron chi connectivity index (χ0n) is 6.34. The van der Waals surface area contributed by atoms with Crippen molar-refractivity contribution in [3.05, 3.63) is 11.8 Å². The third kappa shape index (κ3) is 4.13. The number of rotatable bonds is 5. The van der Waals surface area contributed by atoms with Crippen LogP contribution in [0.15, 0.2) is 11.8 Å². The fraction of sp³-hybridized carbons (Fsp3) is 0.625. The average molecular weight is 142 g/mol. The van der Waals surface area contributed by atoms with Gasteiger partial charge in [0.2, 0.25) is 0 Å². The number of carbonyl (C=O) groups is 1. The van der Waals surface area contributed by atoms with Crippen LogP contribution in [0.4, 0.5) is 0 Å². The van der Waals surface area contributed by atoms with Gasteiger partial charge in [-0.1, -0.05) is 19.8 Å². The lowest BCUT2D eigenvalue weighted by molar-refractivity contribution is -0.105. The minimum Gasteiger partial charge on any atom is -0.515 e. The summed E-state index contributed by atoms with van der Waals surface area (Å²) in [5.74, 6) is 0. The topological polar surface area (TPSA) is 37.3 Å². The Morgan fingerprint density at radius 3 is 2.60 bits per heavy atom. The normalized spacial score (nSPS) is 11.5. The molecule has 0 aliphatic carbocycles. The number of carbonyl (C=O) groups excluding carboxylic acids is 1. The third-order valence-corrected chi connectivity index (χ3v) is 1.39. The molecule has 0 aromatic heterocycles. The molecule has 0 heterocycles. The second-order valence-electron chi connectivity index (χ2n) is 2.28. The van der Waals surface area contributed by atoms with E-state index in [9.17, 15) is 4.79 Å². The molecule has 0 saturated heterocycles. The Hall–Kier alpha value is -0.790. The van der Waals surface area contributed by atoms with Gasteiger partial charge < -0.3 is 5.11 Å². The van der Waals surface area contributed by atoms with Gasteiger partial charge in [-0.2, -0.15) is 0 Å². The Morgan fingerprint density at radius 2 is 2.20 bits per heavy atom. The predicted octanol–water partition coefficient (Wildman–Crippen LogP) is 2.21. The average Bonchev–Trinajstić information content (AvgIpc) is 1.99. The SMILES string of the molecule is CCCCC/C(C=O)=C/O. The van der Waals surface area contributed by atoms with Crippen LogP contribution in [0.3, 0.4) is 0 Å².